The molecule has 4 nitrogen and oxygen atoms in total. The molecule has 0 fully saturated rings. The molecule has 0 radical (unpaired) electrons. The van der Waals surface area contributed by atoms with Crippen LogP contribution >= 0.6 is 22.9 Å². The van der Waals surface area contributed by atoms with E-state index < -0.39 is 5.97 Å². The normalized spacial score (nSPS) is 9.57. The van der Waals surface area contributed by atoms with Gasteiger partial charge in [-0.05, 0) is 24.3 Å². The number of aromatic carboxylic acids is 1. The minimum Gasteiger partial charge on any atom is -0.478 e. The number of rotatable bonds is 2. The van der Waals surface area contributed by atoms with Crippen molar-refractivity contribution in [3.63, 3.8) is 0 Å². The van der Waals surface area contributed by atoms with Gasteiger partial charge in [0.15, 0.2) is 0 Å². The number of anilines is 1. The smallest absolute Gasteiger partial charge is 0.335 e. The molecular weight excluding hydrogens is 297 g/mol. The molecule has 0 aliphatic heterocycles. The van der Waals surface area contributed by atoms with Gasteiger partial charge < -0.3 is 5.11 Å². The lowest BCUT2D eigenvalue weighted by Crippen LogP contribution is -2.15. The van der Waals surface area contributed by atoms with E-state index in [0.29, 0.717) is 5.69 Å². The van der Waals surface area contributed by atoms with Crippen molar-refractivity contribution in [1.82, 2.24) is 0 Å². The van der Waals surface area contributed by atoms with E-state index in [2.05, 4.69) is 0 Å². The standard InChI is InChI=1S/C9H8INO3/c1-6(12)11(10)8-4-2-7(3-5-8)9(13)14/h2-5H,1H3,(H,13,14). The highest BCUT2D eigenvalue weighted by atomic mass is 127. The average Bonchev–Trinajstić information content (AvgIpc) is 2.16. The second-order valence-electron chi connectivity index (χ2n) is 2.65. The van der Waals surface area contributed by atoms with Crippen molar-refractivity contribution in [2.45, 2.75) is 6.92 Å². The fraction of sp³-hybridized carbons (Fsp3) is 0.111. The molecule has 74 valence electrons. The quantitative estimate of drug-likeness (QED) is 0.672. The molecule has 1 N–H and O–H groups in total. The van der Waals surface area contributed by atoms with Gasteiger partial charge in [0.2, 0.25) is 5.91 Å². The number of hydrogen-bond donors (Lipinski definition) is 1. The number of carboxylic acids is 1. The third-order valence-corrected chi connectivity index (χ3v) is 2.85. The molecule has 0 spiro atoms. The largest absolute Gasteiger partial charge is 0.478 e. The summed E-state index contributed by atoms with van der Waals surface area (Å²) < 4.78 is 1.42. The number of hydrogen-bond acceptors (Lipinski definition) is 2. The highest BCUT2D eigenvalue weighted by molar-refractivity contribution is 14.1. The van der Waals surface area contributed by atoms with Crippen LogP contribution in [0, 0.1) is 0 Å². The van der Waals surface area contributed by atoms with E-state index in [9.17, 15) is 9.59 Å². The van der Waals surface area contributed by atoms with Crippen LogP contribution in [-0.4, -0.2) is 17.0 Å². The van der Waals surface area contributed by atoms with Crippen LogP contribution in [0.25, 0.3) is 0 Å². The molecule has 14 heavy (non-hydrogen) atoms. The van der Waals surface area contributed by atoms with Crippen LogP contribution in [0.1, 0.15) is 17.3 Å². The molecule has 0 saturated carbocycles. The zero-order chi connectivity index (χ0) is 10.7. The summed E-state index contributed by atoms with van der Waals surface area (Å²) in [7, 11) is 0. The molecule has 1 aromatic carbocycles. The molecule has 0 heterocycles. The number of carbonyl (C=O) groups is 2. The Kier molecular flexibility index (Phi) is 3.45. The topological polar surface area (TPSA) is 57.6 Å². The number of carboxylic acid groups (broad SMARTS) is 1. The molecule has 1 rings (SSSR count). The van der Waals surface area contributed by atoms with Gasteiger partial charge in [-0.25, -0.2) is 4.79 Å². The summed E-state index contributed by atoms with van der Waals surface area (Å²) in [6.07, 6.45) is 0. The fourth-order valence-electron chi connectivity index (χ4n) is 0.917. The molecule has 0 aliphatic carbocycles. The Balaban J connectivity index is 2.94. The lowest BCUT2D eigenvalue weighted by Gasteiger charge is -2.11. The second-order valence-corrected chi connectivity index (χ2v) is 3.62. The summed E-state index contributed by atoms with van der Waals surface area (Å²) >= 11 is 1.86. The first-order chi connectivity index (χ1) is 6.52. The van der Waals surface area contributed by atoms with Gasteiger partial charge in [0, 0.05) is 6.92 Å². The van der Waals surface area contributed by atoms with E-state index >= 15 is 0 Å². The first kappa shape index (κ1) is 11.0. The van der Waals surface area contributed by atoms with Crippen molar-refractivity contribution < 1.29 is 14.7 Å². The summed E-state index contributed by atoms with van der Waals surface area (Å²) in [6, 6.07) is 6.12. The monoisotopic (exact) mass is 305 g/mol. The summed E-state index contributed by atoms with van der Waals surface area (Å²) in [4.78, 5) is 21.5. The summed E-state index contributed by atoms with van der Waals surface area (Å²) in [5, 5.41) is 8.64. The molecule has 0 aliphatic rings. The predicted molar refractivity (Wildman–Crippen MR) is 60.6 cm³/mol. The van der Waals surface area contributed by atoms with E-state index in [4.69, 9.17) is 5.11 Å². The SMILES string of the molecule is CC(=O)N(I)c1ccc(C(=O)O)cc1. The number of amides is 1. The van der Waals surface area contributed by atoms with E-state index in [1.54, 1.807) is 12.1 Å². The molecule has 0 bridgehead atoms. The average molecular weight is 305 g/mol. The molecule has 0 saturated heterocycles. The molecule has 1 aromatic rings. The van der Waals surface area contributed by atoms with Gasteiger partial charge in [-0.15, -0.1) is 0 Å². The van der Waals surface area contributed by atoms with E-state index in [-0.39, 0.29) is 11.5 Å². The Bertz CT molecular complexity index is 361. The third-order valence-electron chi connectivity index (χ3n) is 1.62. The van der Waals surface area contributed by atoms with Crippen LogP contribution in [0.15, 0.2) is 24.3 Å². The number of halogens is 1. The zero-order valence-corrected chi connectivity index (χ0v) is 9.56. The van der Waals surface area contributed by atoms with Gasteiger partial charge in [0.1, 0.15) is 0 Å². The maximum atomic E-state index is 11.0. The van der Waals surface area contributed by atoms with Gasteiger partial charge >= 0.3 is 5.97 Å². The van der Waals surface area contributed by atoms with Gasteiger partial charge in [0.05, 0.1) is 34.1 Å². The van der Waals surface area contributed by atoms with E-state index in [0.717, 1.165) is 0 Å². The first-order valence-electron chi connectivity index (χ1n) is 3.82. The van der Waals surface area contributed by atoms with Crippen LogP contribution in [0.2, 0.25) is 0 Å². The minimum atomic E-state index is -0.973. The van der Waals surface area contributed by atoms with Crippen molar-refractivity contribution >= 4 is 40.4 Å². The van der Waals surface area contributed by atoms with Gasteiger partial charge in [0.25, 0.3) is 0 Å². The Morgan fingerprint density at radius 3 is 2.14 bits per heavy atom. The summed E-state index contributed by atoms with van der Waals surface area (Å²) in [5.74, 6) is -1.08. The van der Waals surface area contributed by atoms with Gasteiger partial charge in [-0.1, -0.05) is 0 Å². The van der Waals surface area contributed by atoms with Crippen LogP contribution in [-0.2, 0) is 4.79 Å². The van der Waals surface area contributed by atoms with Crippen molar-refractivity contribution in [3.8, 4) is 0 Å². The highest BCUT2D eigenvalue weighted by Gasteiger charge is 2.08. The van der Waals surface area contributed by atoms with E-state index in [1.807, 2.05) is 22.9 Å². The van der Waals surface area contributed by atoms with Gasteiger partial charge in [-0.3, -0.25) is 7.91 Å². The van der Waals surface area contributed by atoms with Crippen LogP contribution in [0.4, 0.5) is 5.69 Å². The van der Waals surface area contributed by atoms with Gasteiger partial charge in [-0.2, -0.15) is 0 Å². The molecular formula is C9H8INO3. The molecule has 5 heteroatoms. The predicted octanol–water partition coefficient (Wildman–Crippen LogP) is 2.09. The molecule has 0 unspecified atom stereocenters. The maximum Gasteiger partial charge on any atom is 0.335 e. The Morgan fingerprint density at radius 2 is 1.79 bits per heavy atom. The molecule has 0 atom stereocenters. The number of benzene rings is 1. The lowest BCUT2D eigenvalue weighted by molar-refractivity contribution is -0.115. The Hall–Kier alpha value is -1.11. The fourth-order valence-corrected chi connectivity index (χ4v) is 1.24. The number of carbonyl (C=O) groups excluding carboxylic acids is 1. The summed E-state index contributed by atoms with van der Waals surface area (Å²) in [6.45, 7) is 1.44. The highest BCUT2D eigenvalue weighted by Crippen LogP contribution is 2.19. The van der Waals surface area contributed by atoms with Crippen molar-refractivity contribution in [2.75, 3.05) is 3.11 Å². The first-order valence-corrected chi connectivity index (χ1v) is 4.78. The van der Waals surface area contributed by atoms with Crippen LogP contribution in [0.3, 0.4) is 0 Å². The van der Waals surface area contributed by atoms with Crippen LogP contribution < -0.4 is 3.11 Å². The van der Waals surface area contributed by atoms with Crippen molar-refractivity contribution in [3.05, 3.63) is 29.8 Å². The lowest BCUT2D eigenvalue weighted by atomic mass is 10.2. The van der Waals surface area contributed by atoms with Crippen molar-refractivity contribution in [1.29, 1.82) is 0 Å². The number of nitrogens with zero attached hydrogens (tertiary/aromatic N) is 1. The molecule has 0 aromatic heterocycles. The van der Waals surface area contributed by atoms with Crippen molar-refractivity contribution in [2.24, 2.45) is 0 Å². The third kappa shape index (κ3) is 2.44. The van der Waals surface area contributed by atoms with Crippen LogP contribution in [0.5, 0.6) is 0 Å². The maximum absolute atomic E-state index is 11.0. The second kappa shape index (κ2) is 4.41. The molecule has 1 amide bonds. The van der Waals surface area contributed by atoms with E-state index in [1.165, 1.54) is 22.2 Å². The Morgan fingerprint density at radius 1 is 1.29 bits per heavy atom. The zero-order valence-electron chi connectivity index (χ0n) is 7.40. The Labute approximate surface area is 95.0 Å². The summed E-state index contributed by atoms with van der Waals surface area (Å²) in [5.41, 5.74) is 0.880. The minimum absolute atomic E-state index is 0.103.